The standard InChI is InChI=1S/C21H23BrFN3O3S/c22-16-3-9-19(10-4-16)30(28,29)26-13-11-25(12-14-26)20(21(27)24-18-7-8-18)15-1-5-17(23)6-2-15/h1-6,9-10,18,20H,7-8,11-14H2,(H,24,27)/t20-/m1/s1. The van der Waals surface area contributed by atoms with Gasteiger partial charge in [-0.3, -0.25) is 9.69 Å². The van der Waals surface area contributed by atoms with Gasteiger partial charge < -0.3 is 5.32 Å². The first kappa shape index (κ1) is 21.4. The Morgan fingerprint density at radius 1 is 1.00 bits per heavy atom. The van der Waals surface area contributed by atoms with Crippen LogP contribution in [0.15, 0.2) is 57.9 Å². The van der Waals surface area contributed by atoms with Crippen LogP contribution in [0.5, 0.6) is 0 Å². The molecule has 0 unspecified atom stereocenters. The van der Waals surface area contributed by atoms with Crippen molar-refractivity contribution in [2.24, 2.45) is 0 Å². The molecule has 2 aliphatic rings. The summed E-state index contributed by atoms with van der Waals surface area (Å²) in [6, 6.07) is 12.2. The molecule has 2 aromatic carbocycles. The second-order valence-electron chi connectivity index (χ2n) is 7.63. The third-order valence-corrected chi connectivity index (χ3v) is 7.89. The Balaban J connectivity index is 1.50. The highest BCUT2D eigenvalue weighted by molar-refractivity contribution is 9.10. The number of benzene rings is 2. The van der Waals surface area contributed by atoms with E-state index < -0.39 is 16.1 Å². The van der Waals surface area contributed by atoms with Crippen LogP contribution in [0.2, 0.25) is 0 Å². The van der Waals surface area contributed by atoms with E-state index in [4.69, 9.17) is 0 Å². The number of carbonyl (C=O) groups is 1. The third kappa shape index (κ3) is 4.74. The first-order chi connectivity index (χ1) is 14.3. The predicted molar refractivity (Wildman–Crippen MR) is 115 cm³/mol. The van der Waals surface area contributed by atoms with Gasteiger partial charge in [0, 0.05) is 36.7 Å². The van der Waals surface area contributed by atoms with E-state index in [1.807, 2.05) is 4.90 Å². The first-order valence-electron chi connectivity index (χ1n) is 9.90. The van der Waals surface area contributed by atoms with Crippen molar-refractivity contribution in [3.63, 3.8) is 0 Å². The second kappa shape index (κ2) is 8.74. The second-order valence-corrected chi connectivity index (χ2v) is 10.5. The normalized spacial score (nSPS) is 19.4. The highest BCUT2D eigenvalue weighted by Gasteiger charge is 2.36. The topological polar surface area (TPSA) is 69.7 Å². The van der Waals surface area contributed by atoms with E-state index in [2.05, 4.69) is 21.2 Å². The highest BCUT2D eigenvalue weighted by atomic mass is 79.9. The van der Waals surface area contributed by atoms with Gasteiger partial charge in [-0.15, -0.1) is 0 Å². The summed E-state index contributed by atoms with van der Waals surface area (Å²) in [5.41, 5.74) is 0.707. The van der Waals surface area contributed by atoms with E-state index in [1.165, 1.54) is 16.4 Å². The Labute approximate surface area is 184 Å². The molecule has 0 spiro atoms. The van der Waals surface area contributed by atoms with Gasteiger partial charge in [-0.1, -0.05) is 28.1 Å². The average Bonchev–Trinajstić information content (AvgIpc) is 3.54. The van der Waals surface area contributed by atoms with Crippen LogP contribution >= 0.6 is 15.9 Å². The quantitative estimate of drug-likeness (QED) is 0.668. The molecule has 160 valence electrons. The number of nitrogens with zero attached hydrogens (tertiary/aromatic N) is 2. The van der Waals surface area contributed by atoms with Gasteiger partial charge >= 0.3 is 0 Å². The largest absolute Gasteiger partial charge is 0.352 e. The zero-order valence-corrected chi connectivity index (χ0v) is 18.7. The molecule has 4 rings (SSSR count). The van der Waals surface area contributed by atoms with Crippen molar-refractivity contribution >= 4 is 31.9 Å². The van der Waals surface area contributed by atoms with E-state index in [9.17, 15) is 17.6 Å². The maximum absolute atomic E-state index is 13.4. The van der Waals surface area contributed by atoms with E-state index in [-0.39, 0.29) is 35.8 Å². The third-order valence-electron chi connectivity index (χ3n) is 5.45. The number of hydrogen-bond donors (Lipinski definition) is 1. The minimum Gasteiger partial charge on any atom is -0.352 e. The Morgan fingerprint density at radius 2 is 1.60 bits per heavy atom. The molecule has 0 radical (unpaired) electrons. The van der Waals surface area contributed by atoms with Crippen LogP contribution in [-0.4, -0.2) is 55.8 Å². The molecule has 2 aromatic rings. The van der Waals surface area contributed by atoms with Gasteiger partial charge in [0.2, 0.25) is 15.9 Å². The maximum Gasteiger partial charge on any atom is 0.243 e. The van der Waals surface area contributed by atoms with E-state index >= 15 is 0 Å². The van der Waals surface area contributed by atoms with E-state index in [0.717, 1.165) is 17.3 Å². The molecule has 1 saturated carbocycles. The summed E-state index contributed by atoms with van der Waals surface area (Å²) in [5.74, 6) is -0.473. The van der Waals surface area contributed by atoms with Crippen LogP contribution in [0.1, 0.15) is 24.4 Å². The summed E-state index contributed by atoms with van der Waals surface area (Å²) in [4.78, 5) is 15.1. The van der Waals surface area contributed by atoms with Crippen molar-refractivity contribution in [2.45, 2.75) is 29.8 Å². The number of amides is 1. The number of halogens is 2. The van der Waals surface area contributed by atoms with Crippen LogP contribution in [0.3, 0.4) is 0 Å². The fourth-order valence-corrected chi connectivity index (χ4v) is 5.33. The zero-order chi connectivity index (χ0) is 21.3. The molecule has 6 nitrogen and oxygen atoms in total. The fourth-order valence-electron chi connectivity index (χ4n) is 3.64. The smallest absolute Gasteiger partial charge is 0.243 e. The molecule has 1 amide bonds. The van der Waals surface area contributed by atoms with Gasteiger partial charge in [-0.05, 0) is 54.8 Å². The number of nitrogens with one attached hydrogen (secondary N) is 1. The summed E-state index contributed by atoms with van der Waals surface area (Å²) in [6.45, 7) is 1.39. The van der Waals surface area contributed by atoms with Crippen LogP contribution in [0, 0.1) is 5.82 Å². The lowest BCUT2D eigenvalue weighted by Gasteiger charge is -2.38. The van der Waals surface area contributed by atoms with Gasteiger partial charge in [0.15, 0.2) is 0 Å². The summed E-state index contributed by atoms with van der Waals surface area (Å²) in [6.07, 6.45) is 1.95. The predicted octanol–water partition coefficient (Wildman–Crippen LogP) is 2.91. The van der Waals surface area contributed by atoms with Crippen LogP contribution in [-0.2, 0) is 14.8 Å². The molecule has 1 aliphatic carbocycles. The number of carbonyl (C=O) groups excluding carboxylic acids is 1. The minimum absolute atomic E-state index is 0.117. The summed E-state index contributed by atoms with van der Waals surface area (Å²) in [5, 5.41) is 3.03. The Hall–Kier alpha value is -1.81. The Kier molecular flexibility index (Phi) is 6.24. The molecule has 1 N–H and O–H groups in total. The van der Waals surface area contributed by atoms with Crippen molar-refractivity contribution in [3.05, 3.63) is 64.4 Å². The lowest BCUT2D eigenvalue weighted by Crippen LogP contribution is -2.52. The number of rotatable bonds is 6. The Bertz CT molecular complexity index is 1000. The van der Waals surface area contributed by atoms with Crippen molar-refractivity contribution in [1.29, 1.82) is 0 Å². The van der Waals surface area contributed by atoms with Gasteiger partial charge in [-0.25, -0.2) is 12.8 Å². The van der Waals surface area contributed by atoms with Crippen molar-refractivity contribution in [3.8, 4) is 0 Å². The molecule has 9 heteroatoms. The summed E-state index contributed by atoms with van der Waals surface area (Å²) in [7, 11) is -3.59. The number of piperazine rings is 1. The lowest BCUT2D eigenvalue weighted by atomic mass is 10.0. The van der Waals surface area contributed by atoms with Crippen LogP contribution in [0.25, 0.3) is 0 Å². The van der Waals surface area contributed by atoms with Crippen molar-refractivity contribution in [2.75, 3.05) is 26.2 Å². The highest BCUT2D eigenvalue weighted by Crippen LogP contribution is 2.27. The molecule has 30 heavy (non-hydrogen) atoms. The van der Waals surface area contributed by atoms with E-state index in [0.29, 0.717) is 18.7 Å². The van der Waals surface area contributed by atoms with Gasteiger partial charge in [0.1, 0.15) is 11.9 Å². The monoisotopic (exact) mass is 495 g/mol. The van der Waals surface area contributed by atoms with Gasteiger partial charge in [0.25, 0.3) is 0 Å². The average molecular weight is 496 g/mol. The molecule has 1 atom stereocenters. The van der Waals surface area contributed by atoms with Gasteiger partial charge in [-0.2, -0.15) is 4.31 Å². The molecule has 2 fully saturated rings. The molecule has 0 bridgehead atoms. The van der Waals surface area contributed by atoms with Crippen LogP contribution < -0.4 is 5.32 Å². The lowest BCUT2D eigenvalue weighted by molar-refractivity contribution is -0.127. The molecule has 1 aliphatic heterocycles. The fraction of sp³-hybridized carbons (Fsp3) is 0.381. The number of hydrogen-bond acceptors (Lipinski definition) is 4. The van der Waals surface area contributed by atoms with E-state index in [1.54, 1.807) is 36.4 Å². The molecule has 1 heterocycles. The van der Waals surface area contributed by atoms with Crippen molar-refractivity contribution < 1.29 is 17.6 Å². The maximum atomic E-state index is 13.4. The SMILES string of the molecule is O=C(NC1CC1)[C@@H](c1ccc(F)cc1)N1CCN(S(=O)(=O)c2ccc(Br)cc2)CC1. The molecule has 0 aromatic heterocycles. The van der Waals surface area contributed by atoms with Crippen LogP contribution in [0.4, 0.5) is 4.39 Å². The zero-order valence-electron chi connectivity index (χ0n) is 16.3. The Morgan fingerprint density at radius 3 is 2.17 bits per heavy atom. The summed E-state index contributed by atoms with van der Waals surface area (Å²) >= 11 is 3.32. The van der Waals surface area contributed by atoms with Crippen molar-refractivity contribution in [1.82, 2.24) is 14.5 Å². The molecular formula is C21H23BrFN3O3S. The first-order valence-corrected chi connectivity index (χ1v) is 12.1. The summed E-state index contributed by atoms with van der Waals surface area (Å²) < 4.78 is 41.5. The minimum atomic E-state index is -3.59. The number of sulfonamides is 1. The molecule has 1 saturated heterocycles. The van der Waals surface area contributed by atoms with Gasteiger partial charge in [0.05, 0.1) is 4.90 Å². The molecular weight excluding hydrogens is 473 g/mol.